The second-order valence-electron chi connectivity index (χ2n) is 5.32. The summed E-state index contributed by atoms with van der Waals surface area (Å²) < 4.78 is 12.4. The minimum atomic E-state index is -0.832. The number of hydrogen-bond donors (Lipinski definition) is 1. The smallest absolute Gasteiger partial charge is 0.308 e. The van der Waals surface area contributed by atoms with Gasteiger partial charge < -0.3 is 14.6 Å². The third-order valence-electron chi connectivity index (χ3n) is 3.16. The molecule has 0 radical (unpaired) electrons. The number of aliphatic carboxylic acids is 1. The molecule has 0 aromatic carbocycles. The SMILES string of the molecule is CC(C)CC(Cn1nnnc1C1COCCO1)C(=O)O. The van der Waals surface area contributed by atoms with E-state index >= 15 is 0 Å². The van der Waals surface area contributed by atoms with Crippen LogP contribution in [0.5, 0.6) is 0 Å². The Morgan fingerprint density at radius 2 is 2.30 bits per heavy atom. The lowest BCUT2D eigenvalue weighted by atomic mass is 9.97. The molecule has 2 heterocycles. The van der Waals surface area contributed by atoms with Gasteiger partial charge in [0, 0.05) is 0 Å². The predicted octanol–water partition coefficient (Wildman–Crippen LogP) is 0.508. The predicted molar refractivity (Wildman–Crippen MR) is 67.9 cm³/mol. The van der Waals surface area contributed by atoms with Gasteiger partial charge in [-0.2, -0.15) is 0 Å². The van der Waals surface area contributed by atoms with Gasteiger partial charge in [-0.25, -0.2) is 4.68 Å². The Bertz CT molecular complexity index is 442. The summed E-state index contributed by atoms with van der Waals surface area (Å²) in [6.07, 6.45) is 0.253. The molecule has 1 aliphatic rings. The Balaban J connectivity index is 2.08. The number of carbonyl (C=O) groups is 1. The molecule has 2 atom stereocenters. The van der Waals surface area contributed by atoms with E-state index in [0.717, 1.165) is 0 Å². The van der Waals surface area contributed by atoms with Crippen molar-refractivity contribution in [3.63, 3.8) is 0 Å². The number of ether oxygens (including phenoxy) is 2. The number of rotatable bonds is 6. The zero-order valence-corrected chi connectivity index (χ0v) is 11.7. The summed E-state index contributed by atoms with van der Waals surface area (Å²) in [6.45, 7) is 5.68. The molecule has 8 nitrogen and oxygen atoms in total. The monoisotopic (exact) mass is 284 g/mol. The maximum absolute atomic E-state index is 11.3. The summed E-state index contributed by atoms with van der Waals surface area (Å²) in [4.78, 5) is 11.3. The van der Waals surface area contributed by atoms with Crippen molar-refractivity contribution in [1.29, 1.82) is 0 Å². The molecule has 0 bridgehead atoms. The summed E-state index contributed by atoms with van der Waals surface area (Å²) in [5, 5.41) is 20.7. The normalized spacial score (nSPS) is 21.1. The van der Waals surface area contributed by atoms with Gasteiger partial charge >= 0.3 is 5.97 Å². The minimum absolute atomic E-state index is 0.246. The summed E-state index contributed by atoms with van der Waals surface area (Å²) >= 11 is 0. The first-order chi connectivity index (χ1) is 9.58. The second-order valence-corrected chi connectivity index (χ2v) is 5.32. The fourth-order valence-corrected chi connectivity index (χ4v) is 2.24. The first kappa shape index (κ1) is 14.9. The number of hydrogen-bond acceptors (Lipinski definition) is 6. The Labute approximate surface area is 117 Å². The van der Waals surface area contributed by atoms with Crippen LogP contribution in [-0.4, -0.2) is 51.1 Å². The average Bonchev–Trinajstić information content (AvgIpc) is 2.86. The Morgan fingerprint density at radius 1 is 1.50 bits per heavy atom. The molecule has 1 saturated heterocycles. The van der Waals surface area contributed by atoms with E-state index in [9.17, 15) is 9.90 Å². The van der Waals surface area contributed by atoms with Crippen LogP contribution in [0, 0.1) is 11.8 Å². The quantitative estimate of drug-likeness (QED) is 0.812. The van der Waals surface area contributed by atoms with E-state index in [2.05, 4.69) is 15.5 Å². The maximum Gasteiger partial charge on any atom is 0.308 e. The van der Waals surface area contributed by atoms with Crippen LogP contribution < -0.4 is 0 Å². The molecule has 20 heavy (non-hydrogen) atoms. The Morgan fingerprint density at radius 3 is 2.90 bits per heavy atom. The minimum Gasteiger partial charge on any atom is -0.481 e. The van der Waals surface area contributed by atoms with Crippen LogP contribution in [0.3, 0.4) is 0 Å². The van der Waals surface area contributed by atoms with E-state index in [1.54, 1.807) is 0 Å². The van der Waals surface area contributed by atoms with Crippen LogP contribution in [-0.2, 0) is 20.8 Å². The van der Waals surface area contributed by atoms with Crippen molar-refractivity contribution in [2.24, 2.45) is 11.8 Å². The molecule has 8 heteroatoms. The zero-order valence-electron chi connectivity index (χ0n) is 11.7. The lowest BCUT2D eigenvalue weighted by Gasteiger charge is -2.22. The van der Waals surface area contributed by atoms with E-state index in [1.165, 1.54) is 4.68 Å². The van der Waals surface area contributed by atoms with Gasteiger partial charge in [0.15, 0.2) is 5.82 Å². The van der Waals surface area contributed by atoms with Gasteiger partial charge in [-0.3, -0.25) is 4.79 Å². The van der Waals surface area contributed by atoms with Crippen molar-refractivity contribution >= 4 is 5.97 Å². The van der Waals surface area contributed by atoms with E-state index < -0.39 is 11.9 Å². The fourth-order valence-electron chi connectivity index (χ4n) is 2.24. The number of tetrazole rings is 1. The van der Waals surface area contributed by atoms with Gasteiger partial charge in [0.2, 0.25) is 0 Å². The van der Waals surface area contributed by atoms with Gasteiger partial charge in [-0.05, 0) is 22.8 Å². The summed E-state index contributed by atoms with van der Waals surface area (Å²) in [7, 11) is 0. The number of carboxylic acid groups (broad SMARTS) is 1. The van der Waals surface area contributed by atoms with E-state index in [1.807, 2.05) is 13.8 Å². The van der Waals surface area contributed by atoms with Crippen LogP contribution >= 0.6 is 0 Å². The largest absolute Gasteiger partial charge is 0.481 e. The van der Waals surface area contributed by atoms with Gasteiger partial charge in [0.25, 0.3) is 0 Å². The highest BCUT2D eigenvalue weighted by Gasteiger charge is 2.26. The molecule has 1 aromatic heterocycles. The standard InChI is InChI=1S/C12H20N4O4/c1-8(2)5-9(12(17)18)6-16-11(13-14-15-16)10-7-19-3-4-20-10/h8-10H,3-7H2,1-2H3,(H,17,18). The third kappa shape index (κ3) is 3.73. The van der Waals surface area contributed by atoms with Crippen LogP contribution in [0.2, 0.25) is 0 Å². The molecule has 0 spiro atoms. The molecule has 2 unspecified atom stereocenters. The molecule has 0 aliphatic carbocycles. The lowest BCUT2D eigenvalue weighted by molar-refractivity contribution is -0.143. The molecule has 1 aliphatic heterocycles. The van der Waals surface area contributed by atoms with Crippen LogP contribution in [0.25, 0.3) is 0 Å². The summed E-state index contributed by atoms with van der Waals surface area (Å²) in [6, 6.07) is 0. The van der Waals surface area contributed by atoms with Crippen molar-refractivity contribution in [2.45, 2.75) is 32.9 Å². The van der Waals surface area contributed by atoms with Crippen molar-refractivity contribution in [3.05, 3.63) is 5.82 Å². The number of nitrogens with zero attached hydrogens (tertiary/aromatic N) is 4. The van der Waals surface area contributed by atoms with Gasteiger partial charge in [0.1, 0.15) is 6.10 Å². The van der Waals surface area contributed by atoms with Gasteiger partial charge in [0.05, 0.1) is 32.3 Å². The molecule has 112 valence electrons. The first-order valence-corrected chi connectivity index (χ1v) is 6.76. The molecular weight excluding hydrogens is 264 g/mol. The van der Waals surface area contributed by atoms with Crippen LogP contribution in [0.1, 0.15) is 32.2 Å². The van der Waals surface area contributed by atoms with E-state index in [4.69, 9.17) is 9.47 Å². The zero-order chi connectivity index (χ0) is 14.5. The van der Waals surface area contributed by atoms with Crippen molar-refractivity contribution in [2.75, 3.05) is 19.8 Å². The lowest BCUT2D eigenvalue weighted by Crippen LogP contribution is -2.28. The Hall–Kier alpha value is -1.54. The molecular formula is C12H20N4O4. The van der Waals surface area contributed by atoms with Crippen molar-refractivity contribution < 1.29 is 19.4 Å². The highest BCUT2D eigenvalue weighted by atomic mass is 16.6. The molecule has 1 aromatic rings. The molecule has 0 saturated carbocycles. The molecule has 1 fully saturated rings. The summed E-state index contributed by atoms with van der Waals surface area (Å²) in [5.74, 6) is -0.521. The van der Waals surface area contributed by atoms with Crippen LogP contribution in [0.15, 0.2) is 0 Å². The third-order valence-corrected chi connectivity index (χ3v) is 3.16. The number of aromatic nitrogens is 4. The van der Waals surface area contributed by atoms with Gasteiger partial charge in [-0.15, -0.1) is 5.10 Å². The maximum atomic E-state index is 11.3. The highest BCUT2D eigenvalue weighted by molar-refractivity contribution is 5.69. The first-order valence-electron chi connectivity index (χ1n) is 6.76. The van der Waals surface area contributed by atoms with Gasteiger partial charge in [-0.1, -0.05) is 13.8 Å². The van der Waals surface area contributed by atoms with Crippen LogP contribution in [0.4, 0.5) is 0 Å². The van der Waals surface area contributed by atoms with Crippen molar-refractivity contribution in [3.8, 4) is 0 Å². The highest BCUT2D eigenvalue weighted by Crippen LogP contribution is 2.20. The summed E-state index contributed by atoms with van der Waals surface area (Å²) in [5.41, 5.74) is 0. The van der Waals surface area contributed by atoms with Crippen molar-refractivity contribution in [1.82, 2.24) is 20.2 Å². The topological polar surface area (TPSA) is 99.4 Å². The fraction of sp³-hybridized carbons (Fsp3) is 0.833. The second kappa shape index (κ2) is 6.76. The average molecular weight is 284 g/mol. The Kier molecular flexibility index (Phi) is 5.02. The number of carboxylic acids is 1. The molecule has 1 N–H and O–H groups in total. The molecule has 2 rings (SSSR count). The van der Waals surface area contributed by atoms with E-state index in [-0.39, 0.29) is 12.6 Å². The van der Waals surface area contributed by atoms with E-state index in [0.29, 0.717) is 38.0 Å². The molecule has 0 amide bonds.